The molecule has 0 radical (unpaired) electrons. The minimum Gasteiger partial charge on any atom is -0.369 e. The molecule has 0 aliphatic carbocycles. The maximum absolute atomic E-state index is 5.79. The van der Waals surface area contributed by atoms with E-state index in [1.54, 1.807) is 0 Å². The highest BCUT2D eigenvalue weighted by Gasteiger charge is 2.14. The summed E-state index contributed by atoms with van der Waals surface area (Å²) in [4.78, 5) is 4.19. The van der Waals surface area contributed by atoms with Crippen molar-refractivity contribution in [3.63, 3.8) is 0 Å². The van der Waals surface area contributed by atoms with E-state index in [1.807, 2.05) is 13.1 Å². The molecule has 13 heavy (non-hydrogen) atoms. The number of aromatic nitrogens is 2. The van der Waals surface area contributed by atoms with Gasteiger partial charge in [-0.15, -0.1) is 0 Å². The summed E-state index contributed by atoms with van der Waals surface area (Å²) in [6, 6.07) is 0.436. The molecule has 2 N–H and O–H groups in total. The van der Waals surface area contributed by atoms with Crippen molar-refractivity contribution in [2.45, 2.75) is 40.2 Å². The van der Waals surface area contributed by atoms with E-state index in [2.05, 4.69) is 30.3 Å². The van der Waals surface area contributed by atoms with Crippen LogP contribution in [0.3, 0.4) is 0 Å². The number of imidazole rings is 1. The maximum atomic E-state index is 5.79. The van der Waals surface area contributed by atoms with Crippen LogP contribution in [0.15, 0.2) is 6.20 Å². The summed E-state index contributed by atoms with van der Waals surface area (Å²) >= 11 is 0. The van der Waals surface area contributed by atoms with Crippen LogP contribution in [0.25, 0.3) is 0 Å². The third-order valence-corrected chi connectivity index (χ3v) is 2.79. The highest BCUT2D eigenvalue weighted by atomic mass is 15.2. The van der Waals surface area contributed by atoms with Crippen LogP contribution < -0.4 is 5.73 Å². The SMILES string of the molecule is CCC(C)C(C)n1cc(C)nc1N. The molecule has 2 unspecified atom stereocenters. The summed E-state index contributed by atoms with van der Waals surface area (Å²) in [5.74, 6) is 1.27. The summed E-state index contributed by atoms with van der Waals surface area (Å²) < 4.78 is 2.06. The van der Waals surface area contributed by atoms with Gasteiger partial charge in [0.2, 0.25) is 5.95 Å². The van der Waals surface area contributed by atoms with Crippen molar-refractivity contribution in [2.24, 2.45) is 5.92 Å². The number of hydrogen-bond acceptors (Lipinski definition) is 2. The Bertz CT molecular complexity index is 278. The van der Waals surface area contributed by atoms with E-state index in [9.17, 15) is 0 Å². The second kappa shape index (κ2) is 3.81. The van der Waals surface area contributed by atoms with Gasteiger partial charge in [-0.3, -0.25) is 0 Å². The van der Waals surface area contributed by atoms with Crippen LogP contribution >= 0.6 is 0 Å². The lowest BCUT2D eigenvalue weighted by Crippen LogP contribution is -2.14. The summed E-state index contributed by atoms with van der Waals surface area (Å²) in [6.07, 6.45) is 3.18. The minimum atomic E-state index is 0.436. The molecule has 0 amide bonds. The zero-order valence-electron chi connectivity index (χ0n) is 8.91. The van der Waals surface area contributed by atoms with Crippen molar-refractivity contribution < 1.29 is 0 Å². The highest BCUT2D eigenvalue weighted by Crippen LogP contribution is 2.23. The Morgan fingerprint density at radius 3 is 2.54 bits per heavy atom. The van der Waals surface area contributed by atoms with Crippen LogP contribution in [-0.2, 0) is 0 Å². The second-order valence-corrected chi connectivity index (χ2v) is 3.77. The van der Waals surface area contributed by atoms with E-state index < -0.39 is 0 Å². The highest BCUT2D eigenvalue weighted by molar-refractivity contribution is 5.22. The topological polar surface area (TPSA) is 43.8 Å². The lowest BCUT2D eigenvalue weighted by atomic mass is 10.0. The number of nitrogens with zero attached hydrogens (tertiary/aromatic N) is 2. The van der Waals surface area contributed by atoms with E-state index in [0.29, 0.717) is 17.9 Å². The lowest BCUT2D eigenvalue weighted by molar-refractivity contribution is 0.373. The Hall–Kier alpha value is -0.990. The van der Waals surface area contributed by atoms with Gasteiger partial charge in [-0.1, -0.05) is 20.3 Å². The van der Waals surface area contributed by atoms with E-state index >= 15 is 0 Å². The first-order valence-electron chi connectivity index (χ1n) is 4.87. The van der Waals surface area contributed by atoms with E-state index in [1.165, 1.54) is 0 Å². The van der Waals surface area contributed by atoms with Gasteiger partial charge in [-0.05, 0) is 19.8 Å². The van der Waals surface area contributed by atoms with Crippen molar-refractivity contribution in [3.05, 3.63) is 11.9 Å². The Morgan fingerprint density at radius 1 is 1.54 bits per heavy atom. The Kier molecular flexibility index (Phi) is 2.96. The van der Waals surface area contributed by atoms with Crippen LogP contribution in [0.5, 0.6) is 0 Å². The normalized spacial score (nSPS) is 15.7. The number of aryl methyl sites for hydroxylation is 1. The van der Waals surface area contributed by atoms with Crippen molar-refractivity contribution in [1.29, 1.82) is 0 Å². The van der Waals surface area contributed by atoms with E-state index in [-0.39, 0.29) is 0 Å². The van der Waals surface area contributed by atoms with Gasteiger partial charge in [0, 0.05) is 12.2 Å². The fraction of sp³-hybridized carbons (Fsp3) is 0.700. The first-order chi connectivity index (χ1) is 6.06. The lowest BCUT2D eigenvalue weighted by Gasteiger charge is -2.20. The monoisotopic (exact) mass is 181 g/mol. The predicted molar refractivity (Wildman–Crippen MR) is 55.5 cm³/mol. The Morgan fingerprint density at radius 2 is 2.15 bits per heavy atom. The number of hydrogen-bond donors (Lipinski definition) is 1. The van der Waals surface area contributed by atoms with Crippen LogP contribution in [0.4, 0.5) is 5.95 Å². The third kappa shape index (κ3) is 2.02. The molecule has 0 saturated heterocycles. The van der Waals surface area contributed by atoms with Gasteiger partial charge < -0.3 is 10.3 Å². The third-order valence-electron chi connectivity index (χ3n) is 2.79. The van der Waals surface area contributed by atoms with Gasteiger partial charge in [0.1, 0.15) is 0 Å². The molecule has 0 aromatic carbocycles. The van der Waals surface area contributed by atoms with Crippen LogP contribution in [0, 0.1) is 12.8 Å². The fourth-order valence-corrected chi connectivity index (χ4v) is 1.48. The van der Waals surface area contributed by atoms with Crippen LogP contribution in [0.2, 0.25) is 0 Å². The van der Waals surface area contributed by atoms with Gasteiger partial charge in [0.25, 0.3) is 0 Å². The van der Waals surface area contributed by atoms with Gasteiger partial charge in [-0.25, -0.2) is 4.98 Å². The number of rotatable bonds is 3. The van der Waals surface area contributed by atoms with Gasteiger partial charge in [0.15, 0.2) is 0 Å². The average Bonchev–Trinajstić information content (AvgIpc) is 2.42. The number of anilines is 1. The van der Waals surface area contributed by atoms with Crippen molar-refractivity contribution in [2.75, 3.05) is 5.73 Å². The first-order valence-corrected chi connectivity index (χ1v) is 4.87. The zero-order chi connectivity index (χ0) is 10.0. The van der Waals surface area contributed by atoms with E-state index in [4.69, 9.17) is 5.73 Å². The Labute approximate surface area is 80.0 Å². The summed E-state index contributed by atoms with van der Waals surface area (Å²) in [7, 11) is 0. The molecule has 0 fully saturated rings. The predicted octanol–water partition coefficient (Wildman–Crippen LogP) is 2.38. The quantitative estimate of drug-likeness (QED) is 0.778. The van der Waals surface area contributed by atoms with Crippen molar-refractivity contribution in [1.82, 2.24) is 9.55 Å². The molecule has 0 aliphatic rings. The summed E-state index contributed by atoms with van der Waals surface area (Å²) in [6.45, 7) is 8.59. The molecule has 2 atom stereocenters. The molecule has 74 valence electrons. The molecule has 0 aliphatic heterocycles. The summed E-state index contributed by atoms with van der Waals surface area (Å²) in [5.41, 5.74) is 6.78. The zero-order valence-corrected chi connectivity index (χ0v) is 8.91. The molecule has 0 saturated carbocycles. The Balaban J connectivity index is 2.87. The molecule has 0 bridgehead atoms. The largest absolute Gasteiger partial charge is 0.369 e. The average molecular weight is 181 g/mol. The molecular weight excluding hydrogens is 162 g/mol. The molecule has 1 heterocycles. The van der Waals surface area contributed by atoms with Crippen LogP contribution in [-0.4, -0.2) is 9.55 Å². The molecule has 1 aromatic rings. The molecular formula is C10H19N3. The van der Waals surface area contributed by atoms with Crippen LogP contribution in [0.1, 0.15) is 38.9 Å². The molecule has 1 aromatic heterocycles. The second-order valence-electron chi connectivity index (χ2n) is 3.77. The van der Waals surface area contributed by atoms with E-state index in [0.717, 1.165) is 12.1 Å². The molecule has 3 heteroatoms. The van der Waals surface area contributed by atoms with Gasteiger partial charge in [-0.2, -0.15) is 0 Å². The standard InChI is InChI=1S/C10H19N3/c1-5-7(2)9(4)13-6-8(3)12-10(13)11/h6-7,9H,5H2,1-4H3,(H2,11,12). The number of nitrogen functional groups attached to an aromatic ring is 1. The maximum Gasteiger partial charge on any atom is 0.200 e. The van der Waals surface area contributed by atoms with Crippen molar-refractivity contribution >= 4 is 5.95 Å². The smallest absolute Gasteiger partial charge is 0.200 e. The number of nitrogens with two attached hydrogens (primary N) is 1. The van der Waals surface area contributed by atoms with Gasteiger partial charge in [0.05, 0.1) is 5.69 Å². The van der Waals surface area contributed by atoms with Gasteiger partial charge >= 0.3 is 0 Å². The first kappa shape index (κ1) is 10.1. The fourth-order valence-electron chi connectivity index (χ4n) is 1.48. The molecule has 1 rings (SSSR count). The summed E-state index contributed by atoms with van der Waals surface area (Å²) in [5, 5.41) is 0. The van der Waals surface area contributed by atoms with Crippen molar-refractivity contribution in [3.8, 4) is 0 Å². The molecule has 0 spiro atoms. The minimum absolute atomic E-state index is 0.436. The molecule has 3 nitrogen and oxygen atoms in total.